The van der Waals surface area contributed by atoms with E-state index in [2.05, 4.69) is 74.5 Å². The van der Waals surface area contributed by atoms with Crippen LogP contribution in [0.5, 0.6) is 0 Å². The third-order valence-corrected chi connectivity index (χ3v) is 7.67. The van der Waals surface area contributed by atoms with Gasteiger partial charge in [0.2, 0.25) is 0 Å². The van der Waals surface area contributed by atoms with E-state index in [9.17, 15) is 0 Å². The molecular formula is C26H39OSi. The zero-order valence-corrected chi connectivity index (χ0v) is 19.0. The highest BCUT2D eigenvalue weighted by Crippen LogP contribution is 2.16. The molecule has 0 spiro atoms. The predicted molar refractivity (Wildman–Crippen MR) is 125 cm³/mol. The van der Waals surface area contributed by atoms with Crippen molar-refractivity contribution in [3.05, 3.63) is 60.7 Å². The number of unbranched alkanes of at least 4 members (excludes halogenated alkanes) is 6. The molecule has 0 aliphatic heterocycles. The number of rotatable bonds is 15. The molecule has 1 radical (unpaired) electrons. The Balaban J connectivity index is 1.66. The van der Waals surface area contributed by atoms with Crippen molar-refractivity contribution in [2.24, 2.45) is 5.92 Å². The van der Waals surface area contributed by atoms with Crippen LogP contribution in [-0.2, 0) is 4.43 Å². The van der Waals surface area contributed by atoms with Crippen molar-refractivity contribution in [3.63, 3.8) is 0 Å². The van der Waals surface area contributed by atoms with E-state index < -0.39 is 9.04 Å². The molecule has 0 bridgehead atoms. The van der Waals surface area contributed by atoms with Crippen LogP contribution in [-0.4, -0.2) is 15.6 Å². The van der Waals surface area contributed by atoms with Crippen molar-refractivity contribution in [2.45, 2.75) is 78.1 Å². The monoisotopic (exact) mass is 395 g/mol. The van der Waals surface area contributed by atoms with Crippen molar-refractivity contribution in [2.75, 3.05) is 6.61 Å². The molecule has 0 heterocycles. The topological polar surface area (TPSA) is 9.23 Å². The van der Waals surface area contributed by atoms with Gasteiger partial charge in [-0.25, -0.2) is 0 Å². The summed E-state index contributed by atoms with van der Waals surface area (Å²) in [6, 6.07) is 21.5. The van der Waals surface area contributed by atoms with Gasteiger partial charge in [-0.15, -0.1) is 0 Å². The molecule has 2 heteroatoms. The van der Waals surface area contributed by atoms with Crippen molar-refractivity contribution in [3.8, 4) is 0 Å². The Labute approximate surface area is 175 Å². The summed E-state index contributed by atoms with van der Waals surface area (Å²) in [4.78, 5) is 0. The van der Waals surface area contributed by atoms with Gasteiger partial charge in [-0.3, -0.25) is 0 Å². The SMILES string of the molecule is CCCCCCCCCC(C)CCCO[Si](c1ccccc1)c1ccccc1. The van der Waals surface area contributed by atoms with Gasteiger partial charge in [-0.05, 0) is 29.1 Å². The third kappa shape index (κ3) is 9.21. The molecule has 2 aromatic carbocycles. The molecule has 153 valence electrons. The summed E-state index contributed by atoms with van der Waals surface area (Å²) in [7, 11) is -1.13. The lowest BCUT2D eigenvalue weighted by Crippen LogP contribution is -2.45. The second-order valence-electron chi connectivity index (χ2n) is 8.07. The molecule has 0 saturated heterocycles. The van der Waals surface area contributed by atoms with Gasteiger partial charge >= 0.3 is 0 Å². The van der Waals surface area contributed by atoms with Gasteiger partial charge in [0, 0.05) is 6.61 Å². The molecule has 0 aromatic heterocycles. The van der Waals surface area contributed by atoms with Crippen LogP contribution < -0.4 is 10.4 Å². The Bertz CT molecular complexity index is 559. The first kappa shape index (κ1) is 22.9. The first-order chi connectivity index (χ1) is 13.8. The maximum Gasteiger partial charge on any atom is 0.282 e. The highest BCUT2D eigenvalue weighted by Gasteiger charge is 2.18. The molecule has 0 aliphatic rings. The summed E-state index contributed by atoms with van der Waals surface area (Å²) in [6.45, 7) is 5.58. The van der Waals surface area contributed by atoms with Crippen LogP contribution in [0.15, 0.2) is 60.7 Å². The van der Waals surface area contributed by atoms with Gasteiger partial charge in [0.15, 0.2) is 0 Å². The molecular weight excluding hydrogens is 356 g/mol. The van der Waals surface area contributed by atoms with Gasteiger partial charge in [0.1, 0.15) is 0 Å². The highest BCUT2D eigenvalue weighted by molar-refractivity contribution is 6.80. The van der Waals surface area contributed by atoms with Crippen LogP contribution >= 0.6 is 0 Å². The summed E-state index contributed by atoms with van der Waals surface area (Å²) >= 11 is 0. The van der Waals surface area contributed by atoms with E-state index >= 15 is 0 Å². The molecule has 1 unspecified atom stereocenters. The maximum absolute atomic E-state index is 6.45. The van der Waals surface area contributed by atoms with Gasteiger partial charge < -0.3 is 4.43 Å². The lowest BCUT2D eigenvalue weighted by atomic mass is 9.98. The van der Waals surface area contributed by atoms with Gasteiger partial charge in [0.05, 0.1) is 0 Å². The summed E-state index contributed by atoms with van der Waals surface area (Å²) in [5.74, 6) is 0.823. The van der Waals surface area contributed by atoms with Gasteiger partial charge in [-0.2, -0.15) is 0 Å². The second-order valence-corrected chi connectivity index (χ2v) is 10.2. The molecule has 1 nitrogen and oxygen atoms in total. The largest absolute Gasteiger partial charge is 0.407 e. The minimum atomic E-state index is -1.13. The van der Waals surface area contributed by atoms with Gasteiger partial charge in [0.25, 0.3) is 9.04 Å². The Kier molecular flexibility index (Phi) is 11.9. The van der Waals surface area contributed by atoms with Crippen LogP contribution in [0.3, 0.4) is 0 Å². The van der Waals surface area contributed by atoms with Crippen LogP contribution in [0.1, 0.15) is 78.1 Å². The molecule has 0 fully saturated rings. The smallest absolute Gasteiger partial charge is 0.282 e. The van der Waals surface area contributed by atoms with E-state index in [-0.39, 0.29) is 0 Å². The van der Waals surface area contributed by atoms with E-state index in [1.165, 1.54) is 74.6 Å². The maximum atomic E-state index is 6.45. The van der Waals surface area contributed by atoms with Crippen LogP contribution in [0.25, 0.3) is 0 Å². The zero-order chi connectivity index (χ0) is 19.9. The molecule has 0 saturated carbocycles. The van der Waals surface area contributed by atoms with Crippen LogP contribution in [0.4, 0.5) is 0 Å². The van der Waals surface area contributed by atoms with Crippen molar-refractivity contribution < 1.29 is 4.43 Å². The molecule has 1 atom stereocenters. The van der Waals surface area contributed by atoms with E-state index in [4.69, 9.17) is 4.43 Å². The Hall–Kier alpha value is -1.38. The van der Waals surface area contributed by atoms with E-state index in [0.29, 0.717) is 0 Å². The van der Waals surface area contributed by atoms with Crippen LogP contribution in [0, 0.1) is 5.92 Å². The Morgan fingerprint density at radius 3 is 1.75 bits per heavy atom. The molecule has 0 amide bonds. The van der Waals surface area contributed by atoms with Crippen molar-refractivity contribution >= 4 is 19.4 Å². The molecule has 28 heavy (non-hydrogen) atoms. The second kappa shape index (κ2) is 14.6. The van der Waals surface area contributed by atoms with Crippen LogP contribution in [0.2, 0.25) is 0 Å². The molecule has 2 aromatic rings. The van der Waals surface area contributed by atoms with Crippen molar-refractivity contribution in [1.29, 1.82) is 0 Å². The first-order valence-corrected chi connectivity index (χ1v) is 12.8. The fraction of sp³-hybridized carbons (Fsp3) is 0.538. The number of hydrogen-bond donors (Lipinski definition) is 0. The number of hydrogen-bond acceptors (Lipinski definition) is 1. The summed E-state index contributed by atoms with van der Waals surface area (Å²) in [5.41, 5.74) is 0. The fourth-order valence-electron chi connectivity index (χ4n) is 3.71. The van der Waals surface area contributed by atoms with Gasteiger partial charge in [-0.1, -0.05) is 126 Å². The highest BCUT2D eigenvalue weighted by atomic mass is 28.3. The predicted octanol–water partition coefficient (Wildman–Crippen LogP) is 6.37. The lowest BCUT2D eigenvalue weighted by Gasteiger charge is -2.17. The molecule has 2 rings (SSSR count). The molecule has 0 N–H and O–H groups in total. The minimum absolute atomic E-state index is 0.823. The van der Waals surface area contributed by atoms with E-state index in [0.717, 1.165) is 12.5 Å². The fourth-order valence-corrected chi connectivity index (χ4v) is 5.72. The Morgan fingerprint density at radius 1 is 0.679 bits per heavy atom. The minimum Gasteiger partial charge on any atom is -0.407 e. The van der Waals surface area contributed by atoms with E-state index in [1.54, 1.807) is 0 Å². The third-order valence-electron chi connectivity index (χ3n) is 5.46. The standard InChI is InChI=1S/C26H39OSi/c1-3-4-5-6-7-8-11-17-24(2)18-16-23-27-28(25-19-12-9-13-20-25)26-21-14-10-15-22-26/h9-10,12-15,19-22,24H,3-8,11,16-18,23H2,1-2H3. The average Bonchev–Trinajstić information content (AvgIpc) is 2.74. The normalized spacial score (nSPS) is 12.4. The summed E-state index contributed by atoms with van der Waals surface area (Å²) < 4.78 is 6.45. The average molecular weight is 396 g/mol. The summed E-state index contributed by atoms with van der Waals surface area (Å²) in [5, 5.41) is 2.68. The zero-order valence-electron chi connectivity index (χ0n) is 18.0. The Morgan fingerprint density at radius 2 is 1.18 bits per heavy atom. The quantitative estimate of drug-likeness (QED) is 0.252. The summed E-state index contributed by atoms with van der Waals surface area (Å²) in [6.07, 6.45) is 13.7. The first-order valence-electron chi connectivity index (χ1n) is 11.4. The van der Waals surface area contributed by atoms with Crippen molar-refractivity contribution in [1.82, 2.24) is 0 Å². The van der Waals surface area contributed by atoms with E-state index in [1.807, 2.05) is 0 Å². The molecule has 0 aliphatic carbocycles. The lowest BCUT2D eigenvalue weighted by molar-refractivity contribution is 0.302. The number of benzene rings is 2.